The summed E-state index contributed by atoms with van der Waals surface area (Å²) in [5.41, 5.74) is 7.06. The first-order chi connectivity index (χ1) is 14.9. The van der Waals surface area contributed by atoms with Gasteiger partial charge in [0, 0.05) is 43.3 Å². The number of nitrogens with one attached hydrogen (secondary N) is 2. The zero-order chi connectivity index (χ0) is 21.6. The highest BCUT2D eigenvalue weighted by molar-refractivity contribution is 5.82. The summed E-state index contributed by atoms with van der Waals surface area (Å²) in [7, 11) is 0. The second-order valence-electron chi connectivity index (χ2n) is 9.00. The van der Waals surface area contributed by atoms with Crippen LogP contribution in [0.3, 0.4) is 0 Å². The van der Waals surface area contributed by atoms with Crippen molar-refractivity contribution in [1.82, 2.24) is 20.7 Å². The number of morpholine rings is 1. The quantitative estimate of drug-likeness (QED) is 0.747. The minimum absolute atomic E-state index is 0.0127. The number of aromatic nitrogens is 1. The summed E-state index contributed by atoms with van der Waals surface area (Å²) >= 11 is 0. The number of anilines is 1. The SMILES string of the molecule is O=C1C2CNNC2C2CCC(c3cccc(N4CCOCC4)n3)CC2N1CC(F)(F)F. The van der Waals surface area contributed by atoms with Gasteiger partial charge in [0.2, 0.25) is 5.91 Å². The van der Waals surface area contributed by atoms with Crippen LogP contribution in [0.15, 0.2) is 18.2 Å². The van der Waals surface area contributed by atoms with E-state index in [0.29, 0.717) is 26.2 Å². The number of likely N-dealkylation sites (tertiary alicyclic amines) is 1. The van der Waals surface area contributed by atoms with Crippen molar-refractivity contribution in [3.8, 4) is 0 Å². The number of rotatable bonds is 3. The lowest BCUT2D eigenvalue weighted by atomic mass is 9.68. The molecule has 1 amide bonds. The lowest BCUT2D eigenvalue weighted by Gasteiger charge is -2.50. The Balaban J connectivity index is 1.39. The normalized spacial score (nSPS) is 33.9. The summed E-state index contributed by atoms with van der Waals surface area (Å²) < 4.78 is 45.4. The number of amides is 1. The van der Waals surface area contributed by atoms with Gasteiger partial charge in [0.25, 0.3) is 0 Å². The van der Waals surface area contributed by atoms with Crippen molar-refractivity contribution >= 4 is 11.7 Å². The molecule has 31 heavy (non-hydrogen) atoms. The Morgan fingerprint density at radius 3 is 2.77 bits per heavy atom. The van der Waals surface area contributed by atoms with Gasteiger partial charge in [0.1, 0.15) is 12.4 Å². The van der Waals surface area contributed by atoms with E-state index in [9.17, 15) is 18.0 Å². The molecule has 3 aliphatic heterocycles. The lowest BCUT2D eigenvalue weighted by Crippen LogP contribution is -2.63. The number of fused-ring (bicyclic) bond motifs is 3. The number of hydrogen-bond acceptors (Lipinski definition) is 6. The highest BCUT2D eigenvalue weighted by Crippen LogP contribution is 2.45. The van der Waals surface area contributed by atoms with Gasteiger partial charge in [-0.3, -0.25) is 15.6 Å². The fourth-order valence-corrected chi connectivity index (χ4v) is 5.78. The summed E-state index contributed by atoms with van der Waals surface area (Å²) in [5, 5.41) is 0. The van der Waals surface area contributed by atoms with Crippen LogP contribution in [0, 0.1) is 11.8 Å². The molecule has 5 rings (SSSR count). The topological polar surface area (TPSA) is 69.7 Å². The van der Waals surface area contributed by atoms with Gasteiger partial charge in [-0.05, 0) is 37.3 Å². The first-order valence-corrected chi connectivity index (χ1v) is 11.1. The van der Waals surface area contributed by atoms with E-state index < -0.39 is 30.6 Å². The summed E-state index contributed by atoms with van der Waals surface area (Å²) in [6.07, 6.45) is -2.26. The summed E-state index contributed by atoms with van der Waals surface area (Å²) in [6, 6.07) is 5.37. The number of piperidine rings is 1. The van der Waals surface area contributed by atoms with Crippen LogP contribution in [0.2, 0.25) is 0 Å². The largest absolute Gasteiger partial charge is 0.406 e. The maximum absolute atomic E-state index is 13.3. The molecule has 7 nitrogen and oxygen atoms in total. The first-order valence-electron chi connectivity index (χ1n) is 11.1. The molecular weight excluding hydrogens is 411 g/mol. The fourth-order valence-electron chi connectivity index (χ4n) is 5.78. The van der Waals surface area contributed by atoms with Crippen molar-refractivity contribution in [2.75, 3.05) is 44.3 Å². The van der Waals surface area contributed by atoms with Crippen molar-refractivity contribution < 1.29 is 22.7 Å². The number of carbonyl (C=O) groups is 1. The Morgan fingerprint density at radius 2 is 2.00 bits per heavy atom. The predicted molar refractivity (Wildman–Crippen MR) is 107 cm³/mol. The van der Waals surface area contributed by atoms with Gasteiger partial charge < -0.3 is 14.5 Å². The fraction of sp³-hybridized carbons (Fsp3) is 0.714. The van der Waals surface area contributed by atoms with Gasteiger partial charge in [-0.1, -0.05) is 6.07 Å². The van der Waals surface area contributed by atoms with E-state index in [1.54, 1.807) is 0 Å². The van der Waals surface area contributed by atoms with Crippen LogP contribution in [0.4, 0.5) is 19.0 Å². The molecule has 4 aliphatic rings. The number of hydrogen-bond donors (Lipinski definition) is 2. The third kappa shape index (κ3) is 4.12. The Labute approximate surface area is 179 Å². The average Bonchev–Trinajstić information content (AvgIpc) is 3.27. The number of pyridine rings is 1. The molecule has 1 aromatic heterocycles. The third-order valence-corrected chi connectivity index (χ3v) is 7.21. The third-order valence-electron chi connectivity index (χ3n) is 7.21. The lowest BCUT2D eigenvalue weighted by molar-refractivity contribution is -0.178. The second-order valence-corrected chi connectivity index (χ2v) is 9.00. The van der Waals surface area contributed by atoms with E-state index in [1.807, 2.05) is 18.2 Å². The van der Waals surface area contributed by atoms with Gasteiger partial charge >= 0.3 is 6.18 Å². The Hall–Kier alpha value is -1.91. The van der Waals surface area contributed by atoms with Crippen LogP contribution in [-0.4, -0.2) is 73.4 Å². The number of carbonyl (C=O) groups excluding carboxylic acids is 1. The standard InChI is InChI=1S/C21H28F3N5O2/c22-21(23,24)12-29-17-10-13(4-5-14(17)19-15(20(29)30)11-25-27-19)16-2-1-3-18(26-16)28-6-8-31-9-7-28/h1-3,13-15,17,19,25,27H,4-12H2. The molecule has 5 unspecified atom stereocenters. The van der Waals surface area contributed by atoms with Crippen LogP contribution >= 0.6 is 0 Å². The molecule has 1 saturated carbocycles. The van der Waals surface area contributed by atoms with E-state index in [-0.39, 0.29) is 17.9 Å². The monoisotopic (exact) mass is 439 g/mol. The van der Waals surface area contributed by atoms with E-state index in [4.69, 9.17) is 9.72 Å². The van der Waals surface area contributed by atoms with Gasteiger partial charge in [-0.2, -0.15) is 13.2 Å². The summed E-state index contributed by atoms with van der Waals surface area (Å²) in [6.45, 7) is 2.09. The smallest absolute Gasteiger partial charge is 0.378 e. The van der Waals surface area contributed by atoms with Crippen LogP contribution in [-0.2, 0) is 9.53 Å². The van der Waals surface area contributed by atoms with Crippen LogP contribution in [0.25, 0.3) is 0 Å². The molecule has 1 aromatic rings. The maximum atomic E-state index is 13.3. The molecular formula is C21H28F3N5O2. The molecule has 170 valence electrons. The highest BCUT2D eigenvalue weighted by Gasteiger charge is 2.54. The van der Waals surface area contributed by atoms with E-state index in [0.717, 1.165) is 42.3 Å². The van der Waals surface area contributed by atoms with Gasteiger partial charge in [-0.15, -0.1) is 0 Å². The van der Waals surface area contributed by atoms with Crippen molar-refractivity contribution in [1.29, 1.82) is 0 Å². The van der Waals surface area contributed by atoms with Crippen LogP contribution in [0.5, 0.6) is 0 Å². The Kier molecular flexibility index (Phi) is 5.56. The molecule has 0 spiro atoms. The number of alkyl halides is 3. The van der Waals surface area contributed by atoms with Crippen molar-refractivity contribution in [3.63, 3.8) is 0 Å². The van der Waals surface area contributed by atoms with Gasteiger partial charge in [0.05, 0.1) is 19.1 Å². The minimum atomic E-state index is -4.41. The number of ether oxygens (including phenoxy) is 1. The first kappa shape index (κ1) is 21.0. The van der Waals surface area contributed by atoms with E-state index in [1.165, 1.54) is 0 Å². The molecule has 0 radical (unpaired) electrons. The number of hydrazine groups is 1. The predicted octanol–water partition coefficient (Wildman–Crippen LogP) is 1.67. The second kappa shape index (κ2) is 8.22. The number of halogens is 3. The Morgan fingerprint density at radius 1 is 1.19 bits per heavy atom. The summed E-state index contributed by atoms with van der Waals surface area (Å²) in [4.78, 5) is 21.1. The highest BCUT2D eigenvalue weighted by atomic mass is 19.4. The Bertz CT molecular complexity index is 816. The molecule has 1 aliphatic carbocycles. The van der Waals surface area contributed by atoms with Gasteiger partial charge in [0.15, 0.2) is 0 Å². The zero-order valence-electron chi connectivity index (χ0n) is 17.3. The summed E-state index contributed by atoms with van der Waals surface area (Å²) in [5.74, 6) is 0.117. The molecule has 10 heteroatoms. The zero-order valence-corrected chi connectivity index (χ0v) is 17.3. The molecule has 3 saturated heterocycles. The van der Waals surface area contributed by atoms with Crippen LogP contribution in [0.1, 0.15) is 30.9 Å². The van der Waals surface area contributed by atoms with Crippen molar-refractivity contribution in [2.24, 2.45) is 11.8 Å². The molecule has 4 fully saturated rings. The van der Waals surface area contributed by atoms with E-state index >= 15 is 0 Å². The molecule has 4 heterocycles. The van der Waals surface area contributed by atoms with Crippen molar-refractivity contribution in [2.45, 2.75) is 43.4 Å². The molecule has 0 bridgehead atoms. The minimum Gasteiger partial charge on any atom is -0.378 e. The van der Waals surface area contributed by atoms with Crippen molar-refractivity contribution in [3.05, 3.63) is 23.9 Å². The molecule has 5 atom stereocenters. The molecule has 2 N–H and O–H groups in total. The van der Waals surface area contributed by atoms with E-state index in [2.05, 4.69) is 15.8 Å². The van der Waals surface area contributed by atoms with Gasteiger partial charge in [-0.25, -0.2) is 4.98 Å². The van der Waals surface area contributed by atoms with Crippen LogP contribution < -0.4 is 15.8 Å². The number of nitrogens with zero attached hydrogens (tertiary/aromatic N) is 3. The maximum Gasteiger partial charge on any atom is 0.406 e. The molecule has 0 aromatic carbocycles. The average molecular weight is 439 g/mol.